The third-order valence-electron chi connectivity index (χ3n) is 1.48. The lowest BCUT2D eigenvalue weighted by Gasteiger charge is -2.11. The molecular weight excluding hydrogens is 209 g/mol. The fraction of sp³-hybridized carbons (Fsp3) is 0.250. The minimum Gasteiger partial charge on any atom is -0.368 e. The number of nitrogens with zero attached hydrogens (tertiary/aromatic N) is 1. The highest BCUT2D eigenvalue weighted by Crippen LogP contribution is 2.17. The zero-order valence-electron chi connectivity index (χ0n) is 7.77. The van der Waals surface area contributed by atoms with Crippen LogP contribution in [-0.2, 0) is 10.3 Å². The molecular formula is C8H10FNO3S. The zero-order chi connectivity index (χ0) is 10.8. The topological polar surface area (TPSA) is 46.6 Å². The SMILES string of the molecule is CN(C)S(=O)(=O)Oc1ccccc1F. The molecule has 1 aromatic carbocycles. The molecule has 0 unspecified atom stereocenters. The lowest BCUT2D eigenvalue weighted by Crippen LogP contribution is -2.27. The van der Waals surface area contributed by atoms with Crippen molar-refractivity contribution >= 4 is 10.3 Å². The van der Waals surface area contributed by atoms with Gasteiger partial charge < -0.3 is 4.18 Å². The summed E-state index contributed by atoms with van der Waals surface area (Å²) in [6.45, 7) is 0. The molecule has 0 aromatic heterocycles. The second kappa shape index (κ2) is 3.93. The first kappa shape index (κ1) is 10.9. The van der Waals surface area contributed by atoms with Crippen LogP contribution in [0, 0.1) is 5.82 Å². The standard InChI is InChI=1S/C8H10FNO3S/c1-10(2)14(11,12)13-8-6-4-3-5-7(8)9/h3-6H,1-2H3. The predicted molar refractivity (Wildman–Crippen MR) is 49.6 cm³/mol. The maximum absolute atomic E-state index is 13.0. The van der Waals surface area contributed by atoms with Crippen molar-refractivity contribution in [2.24, 2.45) is 0 Å². The van der Waals surface area contributed by atoms with Gasteiger partial charge in [0.2, 0.25) is 0 Å². The minimum absolute atomic E-state index is 0.304. The summed E-state index contributed by atoms with van der Waals surface area (Å²) >= 11 is 0. The van der Waals surface area contributed by atoms with Gasteiger partial charge in [0.25, 0.3) is 0 Å². The Morgan fingerprint density at radius 3 is 2.36 bits per heavy atom. The number of rotatable bonds is 3. The van der Waals surface area contributed by atoms with Crippen LogP contribution in [0.5, 0.6) is 5.75 Å². The lowest BCUT2D eigenvalue weighted by molar-refractivity contribution is 0.408. The molecule has 78 valence electrons. The number of hydrogen-bond donors (Lipinski definition) is 0. The average molecular weight is 219 g/mol. The van der Waals surface area contributed by atoms with E-state index in [9.17, 15) is 12.8 Å². The summed E-state index contributed by atoms with van der Waals surface area (Å²) in [4.78, 5) is 0. The van der Waals surface area contributed by atoms with Gasteiger partial charge in [0, 0.05) is 14.1 Å². The summed E-state index contributed by atoms with van der Waals surface area (Å²) in [5.41, 5.74) is 0. The molecule has 0 atom stereocenters. The van der Waals surface area contributed by atoms with Crippen molar-refractivity contribution in [3.05, 3.63) is 30.1 Å². The van der Waals surface area contributed by atoms with Crippen molar-refractivity contribution < 1.29 is 17.0 Å². The first-order valence-electron chi connectivity index (χ1n) is 3.80. The third-order valence-corrected chi connectivity index (χ3v) is 2.76. The number of hydrogen-bond acceptors (Lipinski definition) is 3. The maximum Gasteiger partial charge on any atom is 0.384 e. The molecule has 4 nitrogen and oxygen atoms in total. The van der Waals surface area contributed by atoms with Gasteiger partial charge in [0.1, 0.15) is 0 Å². The van der Waals surface area contributed by atoms with Gasteiger partial charge in [-0.15, -0.1) is 0 Å². The summed E-state index contributed by atoms with van der Waals surface area (Å²) in [5.74, 6) is -1.01. The normalized spacial score (nSPS) is 11.7. The number of benzene rings is 1. The van der Waals surface area contributed by atoms with Gasteiger partial charge in [0.05, 0.1) is 0 Å². The quantitative estimate of drug-likeness (QED) is 0.762. The highest BCUT2D eigenvalue weighted by atomic mass is 32.2. The van der Waals surface area contributed by atoms with E-state index in [4.69, 9.17) is 0 Å². The monoisotopic (exact) mass is 219 g/mol. The molecule has 14 heavy (non-hydrogen) atoms. The lowest BCUT2D eigenvalue weighted by atomic mass is 10.3. The molecule has 0 heterocycles. The van der Waals surface area contributed by atoms with Crippen molar-refractivity contribution in [3.8, 4) is 5.75 Å². The first-order chi connectivity index (χ1) is 6.43. The third kappa shape index (κ3) is 2.43. The van der Waals surface area contributed by atoms with Crippen LogP contribution in [0.1, 0.15) is 0 Å². The molecule has 0 N–H and O–H groups in total. The molecule has 0 fully saturated rings. The van der Waals surface area contributed by atoms with Crippen LogP contribution in [0.25, 0.3) is 0 Å². The second-order valence-electron chi connectivity index (χ2n) is 2.75. The van der Waals surface area contributed by atoms with Crippen molar-refractivity contribution in [1.29, 1.82) is 0 Å². The fourth-order valence-electron chi connectivity index (χ4n) is 0.700. The summed E-state index contributed by atoms with van der Waals surface area (Å²) < 4.78 is 40.7. The minimum atomic E-state index is -3.88. The van der Waals surface area contributed by atoms with Crippen LogP contribution >= 0.6 is 0 Å². The Bertz CT molecular complexity index is 416. The van der Waals surface area contributed by atoms with Crippen molar-refractivity contribution in [1.82, 2.24) is 4.31 Å². The van der Waals surface area contributed by atoms with Crippen molar-refractivity contribution in [3.63, 3.8) is 0 Å². The van der Waals surface area contributed by atoms with E-state index in [1.807, 2.05) is 0 Å². The summed E-state index contributed by atoms with van der Waals surface area (Å²) in [5, 5.41) is 0. The zero-order valence-corrected chi connectivity index (χ0v) is 8.58. The van der Waals surface area contributed by atoms with E-state index in [-0.39, 0.29) is 5.75 Å². The number of para-hydroxylation sites is 1. The molecule has 6 heteroatoms. The molecule has 0 bridgehead atoms. The molecule has 1 aromatic rings. The molecule has 0 saturated heterocycles. The highest BCUT2D eigenvalue weighted by Gasteiger charge is 2.17. The average Bonchev–Trinajstić information content (AvgIpc) is 2.08. The van der Waals surface area contributed by atoms with E-state index >= 15 is 0 Å². The second-order valence-corrected chi connectivity index (χ2v) is 4.51. The van der Waals surface area contributed by atoms with Crippen molar-refractivity contribution in [2.45, 2.75) is 0 Å². The summed E-state index contributed by atoms with van der Waals surface area (Å²) in [7, 11) is -1.28. The van der Waals surface area contributed by atoms with Crippen LogP contribution < -0.4 is 4.18 Å². The van der Waals surface area contributed by atoms with E-state index in [1.54, 1.807) is 0 Å². The smallest absolute Gasteiger partial charge is 0.368 e. The maximum atomic E-state index is 13.0. The molecule has 0 radical (unpaired) electrons. The Morgan fingerprint density at radius 1 is 1.29 bits per heavy atom. The molecule has 0 spiro atoms. The van der Waals surface area contributed by atoms with Crippen LogP contribution in [0.4, 0.5) is 4.39 Å². The van der Waals surface area contributed by atoms with Gasteiger partial charge in [-0.25, -0.2) is 4.39 Å². The van der Waals surface area contributed by atoms with Crippen LogP contribution in [-0.4, -0.2) is 26.8 Å². The summed E-state index contributed by atoms with van der Waals surface area (Å²) in [6.07, 6.45) is 0. The van der Waals surface area contributed by atoms with Gasteiger partial charge in [-0.3, -0.25) is 0 Å². The Balaban J connectivity index is 2.96. The Labute approximate surface area is 82.2 Å². The van der Waals surface area contributed by atoms with E-state index in [1.165, 1.54) is 32.3 Å². The van der Waals surface area contributed by atoms with E-state index in [2.05, 4.69) is 4.18 Å². The van der Waals surface area contributed by atoms with E-state index < -0.39 is 16.1 Å². The van der Waals surface area contributed by atoms with Gasteiger partial charge in [-0.1, -0.05) is 12.1 Å². The Morgan fingerprint density at radius 2 is 1.86 bits per heavy atom. The van der Waals surface area contributed by atoms with Gasteiger partial charge >= 0.3 is 10.3 Å². The Kier molecular flexibility index (Phi) is 3.07. The fourth-order valence-corrected chi connectivity index (χ4v) is 1.21. The van der Waals surface area contributed by atoms with Gasteiger partial charge in [-0.05, 0) is 12.1 Å². The highest BCUT2D eigenvalue weighted by molar-refractivity contribution is 7.84. The molecule has 0 amide bonds. The van der Waals surface area contributed by atoms with E-state index in [0.717, 1.165) is 10.4 Å². The molecule has 0 aliphatic rings. The Hall–Kier alpha value is -1.14. The van der Waals surface area contributed by atoms with Crippen LogP contribution in [0.15, 0.2) is 24.3 Å². The van der Waals surface area contributed by atoms with Crippen LogP contribution in [0.2, 0.25) is 0 Å². The number of halogens is 1. The summed E-state index contributed by atoms with van der Waals surface area (Å²) in [6, 6.07) is 5.31. The largest absolute Gasteiger partial charge is 0.384 e. The van der Waals surface area contributed by atoms with Crippen molar-refractivity contribution in [2.75, 3.05) is 14.1 Å². The molecule has 1 rings (SSSR count). The molecule has 0 saturated carbocycles. The first-order valence-corrected chi connectivity index (χ1v) is 5.16. The van der Waals surface area contributed by atoms with Gasteiger partial charge in [0.15, 0.2) is 11.6 Å². The van der Waals surface area contributed by atoms with Gasteiger partial charge in [-0.2, -0.15) is 12.7 Å². The van der Waals surface area contributed by atoms with E-state index in [0.29, 0.717) is 0 Å². The predicted octanol–water partition coefficient (Wildman–Crippen LogP) is 1.01. The molecule has 0 aliphatic carbocycles. The van der Waals surface area contributed by atoms with Crippen LogP contribution in [0.3, 0.4) is 0 Å². The molecule has 0 aliphatic heterocycles.